The molecule has 0 saturated heterocycles. The summed E-state index contributed by atoms with van der Waals surface area (Å²) in [5.41, 5.74) is 18.3. The van der Waals surface area contributed by atoms with Gasteiger partial charge in [0.1, 0.15) is 0 Å². The lowest BCUT2D eigenvalue weighted by Gasteiger charge is -2.31. The van der Waals surface area contributed by atoms with E-state index in [9.17, 15) is 10.2 Å². The fraction of sp³-hybridized carbons (Fsp3) is 0.357. The summed E-state index contributed by atoms with van der Waals surface area (Å²) in [6.07, 6.45) is 3.68. The smallest absolute Gasteiger partial charge is 0.172 e. The molecule has 8 nitrogen and oxygen atoms in total. The van der Waals surface area contributed by atoms with Crippen LogP contribution in [0, 0.1) is 13.8 Å². The first-order chi connectivity index (χ1) is 30.1. The Labute approximate surface area is 372 Å². The van der Waals surface area contributed by atoms with Crippen molar-refractivity contribution in [2.45, 2.75) is 127 Å². The van der Waals surface area contributed by atoms with Crippen LogP contribution in [0.2, 0.25) is 0 Å². The molecule has 0 saturated carbocycles. The predicted octanol–water partition coefficient (Wildman–Crippen LogP) is 13.1. The summed E-state index contributed by atoms with van der Waals surface area (Å²) in [6, 6.07) is 25.4. The van der Waals surface area contributed by atoms with Crippen molar-refractivity contribution in [1.29, 1.82) is 0 Å². The first-order valence-corrected chi connectivity index (χ1v) is 22.8. The third kappa shape index (κ3) is 4.84. The molecule has 5 aliphatic rings. The van der Waals surface area contributed by atoms with Crippen LogP contribution in [0.4, 0.5) is 0 Å². The molecule has 0 fully saturated rings. The summed E-state index contributed by atoms with van der Waals surface area (Å²) in [4.78, 5) is 21.0. The van der Waals surface area contributed by atoms with Gasteiger partial charge in [0.25, 0.3) is 0 Å². The molecule has 8 aromatic rings. The highest BCUT2D eigenvalue weighted by molar-refractivity contribution is 5.92. The van der Waals surface area contributed by atoms with Crippen LogP contribution in [0.25, 0.3) is 44.1 Å². The number of phenols is 2. The monoisotopic (exact) mass is 844 g/mol. The van der Waals surface area contributed by atoms with Gasteiger partial charge in [-0.2, -0.15) is 0 Å². The predicted molar refractivity (Wildman–Crippen MR) is 252 cm³/mol. The number of hydrogen-bond donors (Lipinski definition) is 2. The van der Waals surface area contributed by atoms with Crippen LogP contribution in [-0.2, 0) is 32.5 Å². The second-order valence-corrected chi connectivity index (χ2v) is 22.8. The third-order valence-corrected chi connectivity index (χ3v) is 16.4. The topological polar surface area (TPSA) is 110 Å². The van der Waals surface area contributed by atoms with E-state index in [1.165, 1.54) is 44.5 Å². The van der Waals surface area contributed by atoms with Crippen LogP contribution >= 0.6 is 0 Å². The van der Waals surface area contributed by atoms with Crippen molar-refractivity contribution in [1.82, 2.24) is 19.9 Å². The van der Waals surface area contributed by atoms with Crippen LogP contribution in [0.15, 0.2) is 72.8 Å². The van der Waals surface area contributed by atoms with Gasteiger partial charge < -0.3 is 19.7 Å². The zero-order chi connectivity index (χ0) is 44.4. The minimum absolute atomic E-state index is 0.0740. The van der Waals surface area contributed by atoms with E-state index in [1.807, 2.05) is 12.1 Å². The number of phenolic OH excluding ortho intramolecular Hbond substituents is 2. The first kappa shape index (κ1) is 38.2. The molecule has 320 valence electrons. The van der Waals surface area contributed by atoms with Crippen molar-refractivity contribution in [2.75, 3.05) is 0 Å². The number of hydrogen-bond acceptors (Lipinski definition) is 8. The Balaban J connectivity index is 0.926. The molecule has 6 aromatic carbocycles. The Morgan fingerprint density at radius 2 is 0.594 bits per heavy atom. The maximum absolute atomic E-state index is 10.8. The van der Waals surface area contributed by atoms with Crippen molar-refractivity contribution in [3.05, 3.63) is 128 Å². The summed E-state index contributed by atoms with van der Waals surface area (Å²) in [5, 5.41) is 21.3. The summed E-state index contributed by atoms with van der Waals surface area (Å²) >= 11 is 0. The normalized spacial score (nSPS) is 23.3. The highest BCUT2D eigenvalue weighted by Gasteiger charge is 2.58. The van der Waals surface area contributed by atoms with Gasteiger partial charge in [-0.05, 0) is 177 Å². The van der Waals surface area contributed by atoms with Gasteiger partial charge >= 0.3 is 0 Å². The Bertz CT molecular complexity index is 3530. The van der Waals surface area contributed by atoms with Gasteiger partial charge in [-0.15, -0.1) is 0 Å². The van der Waals surface area contributed by atoms with Gasteiger partial charge in [0.2, 0.25) is 0 Å². The lowest BCUT2D eigenvalue weighted by atomic mass is 9.72. The van der Waals surface area contributed by atoms with Crippen LogP contribution in [0.3, 0.4) is 0 Å². The molecule has 3 heterocycles. The number of aromatic nitrogens is 4. The van der Waals surface area contributed by atoms with E-state index in [0.29, 0.717) is 23.0 Å². The van der Waals surface area contributed by atoms with Crippen molar-refractivity contribution < 1.29 is 19.7 Å². The Kier molecular flexibility index (Phi) is 6.87. The highest BCUT2D eigenvalue weighted by atomic mass is 16.6. The van der Waals surface area contributed by atoms with Gasteiger partial charge in [-0.1, -0.05) is 55.4 Å². The van der Waals surface area contributed by atoms with Gasteiger partial charge in [0, 0.05) is 23.0 Å². The lowest BCUT2D eigenvalue weighted by Crippen LogP contribution is -2.27. The number of fused-ring (bicyclic) bond motifs is 14. The van der Waals surface area contributed by atoms with Gasteiger partial charge in [-0.25, -0.2) is 19.9 Å². The summed E-state index contributed by atoms with van der Waals surface area (Å²) in [6.45, 7) is 22.8. The first-order valence-electron chi connectivity index (χ1n) is 22.8. The van der Waals surface area contributed by atoms with Crippen molar-refractivity contribution in [3.63, 3.8) is 0 Å². The molecule has 2 N–H and O–H groups in total. The van der Waals surface area contributed by atoms with Gasteiger partial charge in [0.05, 0.1) is 44.1 Å². The van der Waals surface area contributed by atoms with E-state index in [4.69, 9.17) is 29.4 Å². The minimum atomic E-state index is -0.357. The molecule has 0 bridgehead atoms. The number of aromatic hydroxyl groups is 2. The van der Waals surface area contributed by atoms with E-state index < -0.39 is 0 Å². The van der Waals surface area contributed by atoms with Crippen LogP contribution in [0.5, 0.6) is 34.5 Å². The summed E-state index contributed by atoms with van der Waals surface area (Å²) < 4.78 is 13.5. The molecular weight excluding hydrogens is 793 g/mol. The number of nitrogens with zero attached hydrogens (tertiary/aromatic N) is 4. The SMILES string of the molecule is Cc1cc2nc3cc4c(cc3nc2cc1C)C1(CC4(C)C)CC(C)(C)c2cc3nc4cc5c(cc4nc3cc21)Oc1cc2c(cc1O5)C(C)(C)CC21CC(C)(C)c2cc(O)c(O)cc21. The molecule has 0 radical (unpaired) electrons. The van der Waals surface area contributed by atoms with Gasteiger partial charge in [0.15, 0.2) is 34.5 Å². The highest BCUT2D eigenvalue weighted by Crippen LogP contribution is 2.66. The van der Waals surface area contributed by atoms with Crippen LogP contribution in [0.1, 0.15) is 137 Å². The largest absolute Gasteiger partial charge is 0.504 e. The molecule has 2 atom stereocenters. The third-order valence-electron chi connectivity index (χ3n) is 16.4. The number of rotatable bonds is 0. The zero-order valence-electron chi connectivity index (χ0n) is 38.3. The Morgan fingerprint density at radius 3 is 1.00 bits per heavy atom. The molecule has 64 heavy (non-hydrogen) atoms. The van der Waals surface area contributed by atoms with Gasteiger partial charge in [-0.3, -0.25) is 0 Å². The van der Waals surface area contributed by atoms with Crippen molar-refractivity contribution in [3.8, 4) is 34.5 Å². The summed E-state index contributed by atoms with van der Waals surface area (Å²) in [7, 11) is 0. The molecule has 2 unspecified atom stereocenters. The van der Waals surface area contributed by atoms with Crippen LogP contribution < -0.4 is 9.47 Å². The van der Waals surface area contributed by atoms with E-state index in [0.717, 1.165) is 80.9 Å². The Hall–Kier alpha value is -6.28. The fourth-order valence-electron chi connectivity index (χ4n) is 13.8. The maximum Gasteiger partial charge on any atom is 0.172 e. The van der Waals surface area contributed by atoms with Crippen LogP contribution in [-0.4, -0.2) is 30.1 Å². The quantitative estimate of drug-likeness (QED) is 0.115. The molecule has 8 heteroatoms. The number of ether oxygens (including phenoxy) is 2. The molecule has 1 aliphatic heterocycles. The molecule has 0 amide bonds. The molecular formula is C56H52N4O4. The fourth-order valence-corrected chi connectivity index (χ4v) is 13.8. The molecule has 4 aliphatic carbocycles. The standard InChI is InChI=1S/C56H52N4O4/c1-27-11-37-38(12-28(27)2)58-41-15-33-29(13-39(41)57-37)51(3,4)23-55(33)24-52(5,6)30-14-40-42(16-34(30)55)60-44-22-50-49(21-43(44)59-40)63-47-19-32-36(20-48(47)64-50)56(26-54(32,9)10)25-53(7,8)31-17-45(61)46(62)18-35(31)56/h11-22,61-62H,23-26H2,1-10H3. The number of aryl methyl sites for hydroxylation is 2. The second kappa shape index (κ2) is 11.5. The average molecular weight is 845 g/mol. The Morgan fingerprint density at radius 1 is 0.344 bits per heavy atom. The molecule has 13 rings (SSSR count). The zero-order valence-corrected chi connectivity index (χ0v) is 38.3. The van der Waals surface area contributed by atoms with E-state index in [2.05, 4.69) is 118 Å². The van der Waals surface area contributed by atoms with E-state index in [-0.39, 0.29) is 44.0 Å². The summed E-state index contributed by atoms with van der Waals surface area (Å²) in [5.74, 6) is 2.39. The lowest BCUT2D eigenvalue weighted by molar-refractivity contribution is 0.348. The average Bonchev–Trinajstić information content (AvgIpc) is 3.75. The molecule has 2 spiro atoms. The van der Waals surface area contributed by atoms with E-state index in [1.54, 1.807) is 12.1 Å². The minimum Gasteiger partial charge on any atom is -0.504 e. The number of benzene rings is 6. The van der Waals surface area contributed by atoms with Crippen molar-refractivity contribution in [2.24, 2.45) is 0 Å². The van der Waals surface area contributed by atoms with E-state index >= 15 is 0 Å². The second-order valence-electron chi connectivity index (χ2n) is 22.8. The van der Waals surface area contributed by atoms with Crippen molar-refractivity contribution >= 4 is 44.1 Å². The maximum atomic E-state index is 10.8. The molecule has 2 aromatic heterocycles.